The van der Waals surface area contributed by atoms with Crippen LogP contribution in [0.4, 0.5) is 5.69 Å². The third kappa shape index (κ3) is 3.94. The summed E-state index contributed by atoms with van der Waals surface area (Å²) in [4.78, 5) is 13.1. The Morgan fingerprint density at radius 3 is 2.54 bits per heavy atom. The van der Waals surface area contributed by atoms with Crippen LogP contribution in [0, 0.1) is 5.41 Å². The molecule has 1 aromatic carbocycles. The molecular weight excluding hydrogens is 370 g/mol. The molecule has 0 saturated carbocycles. The summed E-state index contributed by atoms with van der Waals surface area (Å²) < 4.78 is 1.76. The van der Waals surface area contributed by atoms with E-state index in [0.717, 1.165) is 27.6 Å². The van der Waals surface area contributed by atoms with Gasteiger partial charge in [0.2, 0.25) is 5.91 Å². The molecule has 0 aliphatic heterocycles. The van der Waals surface area contributed by atoms with Crippen molar-refractivity contribution >= 4 is 28.6 Å². The number of anilines is 1. The maximum absolute atomic E-state index is 12.1. The lowest BCUT2D eigenvalue weighted by molar-refractivity contribution is -0.117. The number of nitrogens with zero attached hydrogens (tertiary/aromatic N) is 4. The van der Waals surface area contributed by atoms with Crippen LogP contribution in [0.2, 0.25) is 0 Å². The van der Waals surface area contributed by atoms with Gasteiger partial charge in [0.15, 0.2) is 11.5 Å². The molecule has 3 heterocycles. The van der Waals surface area contributed by atoms with Crippen LogP contribution < -0.4 is 5.32 Å². The van der Waals surface area contributed by atoms with Gasteiger partial charge in [0.1, 0.15) is 0 Å². The summed E-state index contributed by atoms with van der Waals surface area (Å²) in [6.45, 7) is 6.15. The number of hydrogen-bond donors (Lipinski definition) is 1. The molecule has 142 valence electrons. The van der Waals surface area contributed by atoms with Crippen molar-refractivity contribution in [3.05, 3.63) is 53.9 Å². The molecule has 7 heteroatoms. The number of rotatable bonds is 4. The highest BCUT2D eigenvalue weighted by Crippen LogP contribution is 2.25. The fourth-order valence-corrected chi connectivity index (χ4v) is 3.61. The van der Waals surface area contributed by atoms with E-state index >= 15 is 0 Å². The van der Waals surface area contributed by atoms with Crippen LogP contribution in [0.1, 0.15) is 27.2 Å². The smallest absolute Gasteiger partial charge is 0.224 e. The minimum absolute atomic E-state index is 0.0184. The van der Waals surface area contributed by atoms with E-state index in [1.54, 1.807) is 15.9 Å². The number of carbonyl (C=O) groups excluding carboxylic acids is 1. The highest BCUT2D eigenvalue weighted by atomic mass is 32.1. The highest BCUT2D eigenvalue weighted by molar-refractivity contribution is 7.13. The van der Waals surface area contributed by atoms with Crippen molar-refractivity contribution in [1.82, 2.24) is 19.8 Å². The van der Waals surface area contributed by atoms with Gasteiger partial charge in [-0.3, -0.25) is 4.79 Å². The minimum atomic E-state index is -0.0392. The van der Waals surface area contributed by atoms with Crippen molar-refractivity contribution in [1.29, 1.82) is 0 Å². The first-order valence-corrected chi connectivity index (χ1v) is 9.94. The van der Waals surface area contributed by atoms with Crippen molar-refractivity contribution in [2.45, 2.75) is 27.2 Å². The maximum atomic E-state index is 12.1. The van der Waals surface area contributed by atoms with Crippen molar-refractivity contribution in [2.75, 3.05) is 5.32 Å². The third-order valence-electron chi connectivity index (χ3n) is 4.16. The van der Waals surface area contributed by atoms with Gasteiger partial charge in [-0.25, -0.2) is 0 Å². The van der Waals surface area contributed by atoms with Crippen LogP contribution in [0.15, 0.2) is 53.9 Å². The normalized spacial score (nSPS) is 11.7. The number of aromatic nitrogens is 4. The second-order valence-corrected chi connectivity index (χ2v) is 8.80. The molecule has 6 nitrogen and oxygen atoms in total. The zero-order valence-corrected chi connectivity index (χ0v) is 16.8. The minimum Gasteiger partial charge on any atom is -0.326 e. The lowest BCUT2D eigenvalue weighted by Crippen LogP contribution is -2.19. The first-order valence-electron chi connectivity index (χ1n) is 9.06. The third-order valence-corrected chi connectivity index (χ3v) is 5.03. The van der Waals surface area contributed by atoms with Crippen molar-refractivity contribution in [3.8, 4) is 22.0 Å². The summed E-state index contributed by atoms with van der Waals surface area (Å²) in [5.41, 5.74) is 3.22. The Morgan fingerprint density at radius 1 is 1.07 bits per heavy atom. The van der Waals surface area contributed by atoms with E-state index in [4.69, 9.17) is 5.10 Å². The molecule has 0 aliphatic rings. The number of benzene rings is 1. The van der Waals surface area contributed by atoms with E-state index in [9.17, 15) is 4.79 Å². The number of nitrogens with one attached hydrogen (secondary N) is 1. The van der Waals surface area contributed by atoms with E-state index in [2.05, 4.69) is 15.5 Å². The number of hydrogen-bond acceptors (Lipinski definition) is 5. The molecule has 0 spiro atoms. The lowest BCUT2D eigenvalue weighted by atomic mass is 9.92. The van der Waals surface area contributed by atoms with E-state index in [-0.39, 0.29) is 11.3 Å². The number of carbonyl (C=O) groups is 1. The first kappa shape index (κ1) is 18.3. The Balaban J connectivity index is 1.58. The van der Waals surface area contributed by atoms with E-state index in [0.29, 0.717) is 12.1 Å². The summed E-state index contributed by atoms with van der Waals surface area (Å²) >= 11 is 1.60. The van der Waals surface area contributed by atoms with Crippen molar-refractivity contribution in [3.63, 3.8) is 0 Å². The molecule has 0 aliphatic carbocycles. The molecule has 0 fully saturated rings. The predicted octanol–water partition coefficient (Wildman–Crippen LogP) is 4.89. The molecule has 1 N–H and O–H groups in total. The standard InChI is InChI=1S/C21H21N5OS/c1-21(2,3)13-19(27)22-15-8-6-14(7-9-15)16-10-11-18-23-24-20(26(18)25-16)17-5-4-12-28-17/h4-12H,13H2,1-3H3,(H,22,27). The first-order chi connectivity index (χ1) is 13.4. The SMILES string of the molecule is CC(C)(C)CC(=O)Nc1ccc(-c2ccc3nnc(-c4cccs4)n3n2)cc1. The van der Waals surface area contributed by atoms with Crippen LogP contribution >= 0.6 is 11.3 Å². The van der Waals surface area contributed by atoms with E-state index in [1.807, 2.05) is 74.7 Å². The van der Waals surface area contributed by atoms with Crippen LogP contribution in [0.25, 0.3) is 27.6 Å². The largest absolute Gasteiger partial charge is 0.326 e. The zero-order chi connectivity index (χ0) is 19.7. The number of thiophene rings is 1. The van der Waals surface area contributed by atoms with Crippen LogP contribution in [0.3, 0.4) is 0 Å². The van der Waals surface area contributed by atoms with Gasteiger partial charge >= 0.3 is 0 Å². The summed E-state index contributed by atoms with van der Waals surface area (Å²) in [6.07, 6.45) is 0.478. The Bertz CT molecular complexity index is 1110. The Morgan fingerprint density at radius 2 is 1.86 bits per heavy atom. The lowest BCUT2D eigenvalue weighted by Gasteiger charge is -2.17. The predicted molar refractivity (Wildman–Crippen MR) is 112 cm³/mol. The van der Waals surface area contributed by atoms with Gasteiger partial charge in [0, 0.05) is 17.7 Å². The zero-order valence-electron chi connectivity index (χ0n) is 16.0. The molecule has 0 saturated heterocycles. The average molecular weight is 392 g/mol. The van der Waals surface area contributed by atoms with E-state index in [1.165, 1.54) is 0 Å². The van der Waals surface area contributed by atoms with Crippen molar-refractivity contribution in [2.24, 2.45) is 5.41 Å². The molecule has 4 rings (SSSR count). The topological polar surface area (TPSA) is 72.2 Å². The molecule has 1 amide bonds. The van der Waals surface area contributed by atoms with Crippen LogP contribution in [-0.4, -0.2) is 25.7 Å². The summed E-state index contributed by atoms with van der Waals surface area (Å²) in [5, 5.41) is 18.1. The van der Waals surface area contributed by atoms with Crippen molar-refractivity contribution < 1.29 is 4.79 Å². The molecular formula is C21H21N5OS. The number of fused-ring (bicyclic) bond motifs is 1. The van der Waals surface area contributed by atoms with Gasteiger partial charge in [-0.1, -0.05) is 39.0 Å². The van der Waals surface area contributed by atoms with Gasteiger partial charge in [-0.2, -0.15) is 9.61 Å². The Hall–Kier alpha value is -3.06. The molecule has 0 bridgehead atoms. The van der Waals surface area contributed by atoms with E-state index < -0.39 is 0 Å². The van der Waals surface area contributed by atoms with Gasteiger partial charge in [0.05, 0.1) is 10.6 Å². The molecule has 4 aromatic rings. The van der Waals surface area contributed by atoms with Crippen LogP contribution in [0.5, 0.6) is 0 Å². The summed E-state index contributed by atoms with van der Waals surface area (Å²) in [7, 11) is 0. The quantitative estimate of drug-likeness (QED) is 0.537. The molecule has 3 aromatic heterocycles. The highest BCUT2D eigenvalue weighted by Gasteiger charge is 2.16. The second kappa shape index (κ2) is 7.16. The number of amides is 1. The van der Waals surface area contributed by atoms with Crippen LogP contribution in [-0.2, 0) is 4.79 Å². The second-order valence-electron chi connectivity index (χ2n) is 7.85. The molecule has 0 unspecified atom stereocenters. The fraction of sp³-hybridized carbons (Fsp3) is 0.238. The summed E-state index contributed by atoms with van der Waals surface area (Å²) in [6, 6.07) is 15.5. The van der Waals surface area contributed by atoms with Gasteiger partial charge in [0.25, 0.3) is 0 Å². The maximum Gasteiger partial charge on any atom is 0.224 e. The fourth-order valence-electron chi connectivity index (χ4n) is 2.91. The summed E-state index contributed by atoms with van der Waals surface area (Å²) in [5.74, 6) is 0.753. The average Bonchev–Trinajstić information content (AvgIpc) is 3.29. The molecule has 28 heavy (non-hydrogen) atoms. The van der Waals surface area contributed by atoms with Gasteiger partial charge < -0.3 is 5.32 Å². The monoisotopic (exact) mass is 391 g/mol. The molecule has 0 radical (unpaired) electrons. The Kier molecular flexibility index (Phi) is 4.68. The Labute approximate surface area is 167 Å². The molecule has 0 atom stereocenters. The van der Waals surface area contributed by atoms with Gasteiger partial charge in [-0.15, -0.1) is 21.5 Å². The van der Waals surface area contributed by atoms with Gasteiger partial charge in [-0.05, 0) is 41.1 Å².